The zero-order valence-electron chi connectivity index (χ0n) is 13.4. The molecule has 0 radical (unpaired) electrons. The molecule has 9 heteroatoms. The number of halogens is 1. The van der Waals surface area contributed by atoms with Gasteiger partial charge in [-0.1, -0.05) is 17.7 Å². The fourth-order valence-corrected chi connectivity index (χ4v) is 2.17. The molecule has 0 spiro atoms. The van der Waals surface area contributed by atoms with Gasteiger partial charge in [-0.2, -0.15) is 0 Å². The quantitative estimate of drug-likeness (QED) is 0.670. The lowest BCUT2D eigenvalue weighted by atomic mass is 10.2. The Morgan fingerprint density at radius 2 is 2.16 bits per heavy atom. The monoisotopic (exact) mass is 360 g/mol. The number of hydrogen-bond donors (Lipinski definition) is 3. The van der Waals surface area contributed by atoms with E-state index in [9.17, 15) is 4.79 Å². The van der Waals surface area contributed by atoms with Crippen molar-refractivity contribution in [1.82, 2.24) is 15.3 Å². The molecule has 0 aliphatic rings. The third-order valence-electron chi connectivity index (χ3n) is 3.10. The molecular formula is C16H17ClN6O2. The van der Waals surface area contributed by atoms with Gasteiger partial charge in [0.05, 0.1) is 24.4 Å². The molecule has 0 unspecified atom stereocenters. The van der Waals surface area contributed by atoms with Gasteiger partial charge in [0, 0.05) is 24.8 Å². The molecule has 0 aliphatic heterocycles. The summed E-state index contributed by atoms with van der Waals surface area (Å²) < 4.78 is 5.09. The molecule has 1 aromatic carbocycles. The zero-order valence-corrected chi connectivity index (χ0v) is 14.2. The van der Waals surface area contributed by atoms with Crippen molar-refractivity contribution in [1.29, 1.82) is 0 Å². The topological polar surface area (TPSA) is 129 Å². The number of nitrogens with one attached hydrogen (secondary N) is 1. The van der Waals surface area contributed by atoms with Gasteiger partial charge in [-0.15, -0.1) is 0 Å². The number of rotatable bonds is 6. The lowest BCUT2D eigenvalue weighted by molar-refractivity contribution is 0.0963. The third kappa shape index (κ3) is 4.92. The average Bonchev–Trinajstić information content (AvgIpc) is 2.61. The van der Waals surface area contributed by atoms with Gasteiger partial charge in [-0.25, -0.2) is 9.97 Å². The molecule has 1 heterocycles. The summed E-state index contributed by atoms with van der Waals surface area (Å²) in [5.74, 6) is 0.0909. The molecule has 0 fully saturated rings. The number of ether oxygens (including phenoxy) is 1. The molecule has 0 saturated heterocycles. The highest BCUT2D eigenvalue weighted by Gasteiger charge is 2.12. The molecular weight excluding hydrogens is 344 g/mol. The number of nitrogens with zero attached hydrogens (tertiary/aromatic N) is 3. The van der Waals surface area contributed by atoms with Crippen LogP contribution in [0.15, 0.2) is 47.5 Å². The van der Waals surface area contributed by atoms with E-state index in [1.165, 1.54) is 24.8 Å². The minimum atomic E-state index is -0.527. The van der Waals surface area contributed by atoms with Gasteiger partial charge in [-0.3, -0.25) is 9.79 Å². The second-order valence-electron chi connectivity index (χ2n) is 4.81. The van der Waals surface area contributed by atoms with Crippen molar-refractivity contribution < 1.29 is 9.53 Å². The van der Waals surface area contributed by atoms with Gasteiger partial charge in [-0.05, 0) is 17.7 Å². The Morgan fingerprint density at radius 1 is 1.40 bits per heavy atom. The smallest absolute Gasteiger partial charge is 0.278 e. The number of amides is 1. The molecule has 8 nitrogen and oxygen atoms in total. The van der Waals surface area contributed by atoms with E-state index in [0.29, 0.717) is 23.0 Å². The Balaban J connectivity index is 2.00. The van der Waals surface area contributed by atoms with Gasteiger partial charge in [0.15, 0.2) is 11.5 Å². The van der Waals surface area contributed by atoms with E-state index in [-0.39, 0.29) is 11.5 Å². The summed E-state index contributed by atoms with van der Waals surface area (Å²) in [7, 11) is 1.55. The van der Waals surface area contributed by atoms with Gasteiger partial charge >= 0.3 is 0 Å². The van der Waals surface area contributed by atoms with Crippen molar-refractivity contribution >= 4 is 29.5 Å². The summed E-state index contributed by atoms with van der Waals surface area (Å²) in [5, 5.41) is 3.06. The maximum Gasteiger partial charge on any atom is 0.278 e. The van der Waals surface area contributed by atoms with E-state index in [1.807, 2.05) is 6.07 Å². The number of allylic oxidation sites excluding steroid dienone is 1. The van der Waals surface area contributed by atoms with Gasteiger partial charge in [0.25, 0.3) is 5.91 Å². The number of benzene rings is 1. The average molecular weight is 361 g/mol. The number of nitrogens with two attached hydrogens (primary N) is 2. The molecule has 130 valence electrons. The van der Waals surface area contributed by atoms with Crippen molar-refractivity contribution in [2.24, 2.45) is 10.7 Å². The highest BCUT2D eigenvalue weighted by molar-refractivity contribution is 6.32. The highest BCUT2D eigenvalue weighted by atomic mass is 35.5. The molecule has 2 rings (SSSR count). The predicted octanol–water partition coefficient (Wildman–Crippen LogP) is 1.52. The second kappa shape index (κ2) is 8.65. The summed E-state index contributed by atoms with van der Waals surface area (Å²) in [6.45, 7) is 0.351. The lowest BCUT2D eigenvalue weighted by Crippen LogP contribution is -2.26. The Morgan fingerprint density at radius 3 is 2.80 bits per heavy atom. The van der Waals surface area contributed by atoms with Crippen LogP contribution in [0.3, 0.4) is 0 Å². The minimum Gasteiger partial charge on any atom is -0.495 e. The first-order valence-electron chi connectivity index (χ1n) is 7.17. The van der Waals surface area contributed by atoms with Crippen LogP contribution in [-0.4, -0.2) is 29.2 Å². The van der Waals surface area contributed by atoms with Gasteiger partial charge in [0.2, 0.25) is 0 Å². The molecule has 1 amide bonds. The number of methoxy groups -OCH3 is 1. The highest BCUT2D eigenvalue weighted by Crippen LogP contribution is 2.25. The number of hydrogen-bond acceptors (Lipinski definition) is 7. The number of aromatic nitrogens is 2. The second-order valence-corrected chi connectivity index (χ2v) is 5.21. The fourth-order valence-electron chi connectivity index (χ4n) is 1.89. The summed E-state index contributed by atoms with van der Waals surface area (Å²) in [6.07, 6.45) is 5.42. The Hall–Kier alpha value is -3.13. The van der Waals surface area contributed by atoms with E-state index >= 15 is 0 Å². The van der Waals surface area contributed by atoms with E-state index in [2.05, 4.69) is 20.3 Å². The van der Waals surface area contributed by atoms with Crippen LogP contribution in [0.2, 0.25) is 5.02 Å². The van der Waals surface area contributed by atoms with E-state index < -0.39 is 5.91 Å². The van der Waals surface area contributed by atoms with Crippen molar-refractivity contribution in [2.75, 3.05) is 12.8 Å². The lowest BCUT2D eigenvalue weighted by Gasteiger charge is -2.06. The maximum atomic E-state index is 12.1. The number of nitrogen functional groups attached to an aromatic ring is 1. The standard InChI is InChI=1S/C16H17ClN6O2/c1-25-13-3-2-10(6-12(13)17)8-20-9-11(7-18)23-16(24)14-15(19)22-5-4-21-14/h2-7,9H,8,18H2,1H3,(H2,19,22)(H,23,24)/b11-7+,20-9?. The van der Waals surface area contributed by atoms with Crippen molar-refractivity contribution in [2.45, 2.75) is 6.54 Å². The molecule has 2 aromatic rings. The van der Waals surface area contributed by atoms with Crippen molar-refractivity contribution in [3.05, 3.63) is 58.8 Å². The molecule has 5 N–H and O–H groups in total. The molecule has 0 atom stereocenters. The molecule has 0 saturated carbocycles. The molecule has 0 bridgehead atoms. The summed E-state index contributed by atoms with van der Waals surface area (Å²) in [4.78, 5) is 24.0. The Labute approximate surface area is 149 Å². The van der Waals surface area contributed by atoms with Crippen molar-refractivity contribution in [3.63, 3.8) is 0 Å². The van der Waals surface area contributed by atoms with E-state index in [4.69, 9.17) is 27.8 Å². The molecule has 1 aromatic heterocycles. The van der Waals surface area contributed by atoms with E-state index in [0.717, 1.165) is 5.56 Å². The first-order valence-corrected chi connectivity index (χ1v) is 7.55. The number of anilines is 1. The third-order valence-corrected chi connectivity index (χ3v) is 3.39. The first kappa shape index (κ1) is 18.2. The van der Waals surface area contributed by atoms with Crippen LogP contribution in [0.4, 0.5) is 5.82 Å². The van der Waals surface area contributed by atoms with Crippen LogP contribution >= 0.6 is 11.6 Å². The van der Waals surface area contributed by atoms with Crippen LogP contribution in [0, 0.1) is 0 Å². The first-order chi connectivity index (χ1) is 12.0. The molecule has 25 heavy (non-hydrogen) atoms. The normalized spacial score (nSPS) is 11.5. The van der Waals surface area contributed by atoms with Crippen LogP contribution in [0.1, 0.15) is 16.1 Å². The van der Waals surface area contributed by atoms with Crippen LogP contribution in [0.5, 0.6) is 5.75 Å². The van der Waals surface area contributed by atoms with Crippen LogP contribution < -0.4 is 21.5 Å². The van der Waals surface area contributed by atoms with E-state index in [1.54, 1.807) is 19.2 Å². The zero-order chi connectivity index (χ0) is 18.2. The summed E-state index contributed by atoms with van der Waals surface area (Å²) >= 11 is 6.06. The van der Waals surface area contributed by atoms with Gasteiger partial charge < -0.3 is 21.5 Å². The fraction of sp³-hybridized carbons (Fsp3) is 0.125. The summed E-state index contributed by atoms with van der Waals surface area (Å²) in [6, 6.07) is 5.35. The Bertz CT molecular complexity index is 822. The number of aliphatic imine (C=N–C) groups is 1. The predicted molar refractivity (Wildman–Crippen MR) is 96.4 cm³/mol. The van der Waals surface area contributed by atoms with Crippen LogP contribution in [0.25, 0.3) is 0 Å². The largest absolute Gasteiger partial charge is 0.495 e. The number of carbonyl (C=O) groups excluding carboxylic acids is 1. The maximum absolute atomic E-state index is 12.1. The number of carbonyl (C=O) groups is 1. The molecule has 0 aliphatic carbocycles. The van der Waals surface area contributed by atoms with Crippen molar-refractivity contribution in [3.8, 4) is 5.75 Å². The van der Waals surface area contributed by atoms with Crippen LogP contribution in [-0.2, 0) is 6.54 Å². The summed E-state index contributed by atoms with van der Waals surface area (Å²) in [5.41, 5.74) is 12.3. The Kier molecular flexibility index (Phi) is 6.30. The minimum absolute atomic E-state index is 0.0113. The van der Waals surface area contributed by atoms with Gasteiger partial charge in [0.1, 0.15) is 5.75 Å². The SMILES string of the molecule is COc1ccc(CN=C/C(=C\N)NC(=O)c2nccnc2N)cc1Cl.